The first-order chi connectivity index (χ1) is 9.07. The van der Waals surface area contributed by atoms with Crippen molar-refractivity contribution in [1.82, 2.24) is 4.98 Å². The first kappa shape index (κ1) is 15.3. The molecule has 19 heavy (non-hydrogen) atoms. The number of anilines is 1. The Morgan fingerprint density at radius 1 is 1.47 bits per heavy atom. The summed E-state index contributed by atoms with van der Waals surface area (Å²) in [7, 11) is 0. The summed E-state index contributed by atoms with van der Waals surface area (Å²) < 4.78 is 5.18. The molecule has 0 unspecified atom stereocenters. The third-order valence-corrected chi connectivity index (χ3v) is 2.76. The van der Waals surface area contributed by atoms with Crippen LogP contribution in [0, 0.1) is 16.7 Å². The first-order valence-electron chi connectivity index (χ1n) is 6.38. The summed E-state index contributed by atoms with van der Waals surface area (Å²) in [5.74, 6) is 0.503. The highest BCUT2D eigenvalue weighted by Crippen LogP contribution is 2.23. The third kappa shape index (κ3) is 6.07. The molecule has 0 aromatic carbocycles. The van der Waals surface area contributed by atoms with Crippen molar-refractivity contribution in [2.45, 2.75) is 26.7 Å². The van der Waals surface area contributed by atoms with Gasteiger partial charge in [0.15, 0.2) is 0 Å². The van der Waals surface area contributed by atoms with Crippen LogP contribution >= 0.6 is 0 Å². The molecule has 1 aromatic rings. The van der Waals surface area contributed by atoms with Crippen molar-refractivity contribution in [2.24, 2.45) is 5.41 Å². The molecule has 1 heterocycles. The number of nitrogens with one attached hydrogen (secondary N) is 1. The second-order valence-electron chi connectivity index (χ2n) is 5.13. The van der Waals surface area contributed by atoms with Crippen LogP contribution in [-0.2, 0) is 0 Å². The fourth-order valence-corrected chi connectivity index (χ4v) is 1.54. The van der Waals surface area contributed by atoms with E-state index in [0.29, 0.717) is 12.3 Å². The summed E-state index contributed by atoms with van der Waals surface area (Å²) in [6, 6.07) is 5.83. The smallest absolute Gasteiger partial charge is 0.213 e. The molecule has 0 amide bonds. The number of aliphatic hydroxyl groups is 1. The summed E-state index contributed by atoms with van der Waals surface area (Å²) in [5.41, 5.74) is 0.989. The van der Waals surface area contributed by atoms with Gasteiger partial charge < -0.3 is 15.2 Å². The minimum absolute atomic E-state index is 0.0191. The number of nitriles is 1. The second kappa shape index (κ2) is 7.59. The van der Waals surface area contributed by atoms with Gasteiger partial charge in [0.25, 0.3) is 0 Å². The van der Waals surface area contributed by atoms with Gasteiger partial charge in [-0.2, -0.15) is 5.26 Å². The average Bonchev–Trinajstić information content (AvgIpc) is 2.42. The number of hydrogen-bond donors (Lipinski definition) is 2. The van der Waals surface area contributed by atoms with Crippen LogP contribution in [0.5, 0.6) is 5.88 Å². The molecule has 0 aliphatic heterocycles. The fourth-order valence-electron chi connectivity index (χ4n) is 1.54. The van der Waals surface area contributed by atoms with Crippen LogP contribution in [0.1, 0.15) is 26.7 Å². The molecule has 0 bridgehead atoms. The number of aromatic nitrogens is 1. The normalized spacial score (nSPS) is 10.8. The van der Waals surface area contributed by atoms with Gasteiger partial charge in [0, 0.05) is 19.0 Å². The summed E-state index contributed by atoms with van der Waals surface area (Å²) in [6.45, 7) is 5.27. The van der Waals surface area contributed by atoms with E-state index in [-0.39, 0.29) is 18.6 Å². The number of hydrogen-bond acceptors (Lipinski definition) is 5. The van der Waals surface area contributed by atoms with Crippen LogP contribution < -0.4 is 10.1 Å². The quantitative estimate of drug-likeness (QED) is 0.751. The molecule has 1 rings (SSSR count). The first-order valence-corrected chi connectivity index (χ1v) is 6.38. The Morgan fingerprint density at radius 3 is 2.84 bits per heavy atom. The molecule has 0 saturated heterocycles. The predicted molar refractivity (Wildman–Crippen MR) is 73.9 cm³/mol. The minimum atomic E-state index is -0.0191. The third-order valence-electron chi connectivity index (χ3n) is 2.76. The van der Waals surface area contributed by atoms with E-state index in [1.54, 1.807) is 12.3 Å². The predicted octanol–water partition coefficient (Wildman–Crippen LogP) is 2.19. The Balaban J connectivity index is 2.43. The largest absolute Gasteiger partial charge is 0.475 e. The van der Waals surface area contributed by atoms with Crippen LogP contribution in [0.2, 0.25) is 0 Å². The summed E-state index contributed by atoms with van der Waals surface area (Å²) >= 11 is 0. The Hall–Kier alpha value is -1.80. The standard InChI is InChI=1S/C14H21N3O2/c1-14(2,6-3-7-15)11-17-12-4-5-13(16-10-12)19-9-8-18/h4-5,10,17-18H,3,6,8-9,11H2,1-2H3. The van der Waals surface area contributed by atoms with E-state index in [0.717, 1.165) is 18.7 Å². The highest BCUT2D eigenvalue weighted by atomic mass is 16.5. The molecule has 1 aromatic heterocycles. The SMILES string of the molecule is CC(C)(CCC#N)CNc1ccc(OCCO)nc1. The van der Waals surface area contributed by atoms with Crippen molar-refractivity contribution in [3.05, 3.63) is 18.3 Å². The fraction of sp³-hybridized carbons (Fsp3) is 0.571. The maximum atomic E-state index is 8.64. The van der Waals surface area contributed by atoms with Crippen molar-refractivity contribution >= 4 is 5.69 Å². The molecule has 0 saturated carbocycles. The number of nitrogens with zero attached hydrogens (tertiary/aromatic N) is 2. The van der Waals surface area contributed by atoms with Gasteiger partial charge in [-0.25, -0.2) is 4.98 Å². The van der Waals surface area contributed by atoms with E-state index in [1.165, 1.54) is 0 Å². The molecule has 0 fully saturated rings. The highest BCUT2D eigenvalue weighted by molar-refractivity contribution is 5.42. The van der Waals surface area contributed by atoms with Crippen LogP contribution in [0.4, 0.5) is 5.69 Å². The zero-order valence-corrected chi connectivity index (χ0v) is 11.5. The van der Waals surface area contributed by atoms with Gasteiger partial charge >= 0.3 is 0 Å². The molecule has 0 spiro atoms. The number of pyridine rings is 1. The van der Waals surface area contributed by atoms with E-state index < -0.39 is 0 Å². The van der Waals surface area contributed by atoms with Gasteiger partial charge in [-0.1, -0.05) is 13.8 Å². The van der Waals surface area contributed by atoms with Crippen molar-refractivity contribution < 1.29 is 9.84 Å². The summed E-state index contributed by atoms with van der Waals surface area (Å²) in [4.78, 5) is 4.13. The molecule has 5 nitrogen and oxygen atoms in total. The lowest BCUT2D eigenvalue weighted by molar-refractivity contribution is 0.196. The van der Waals surface area contributed by atoms with Crippen LogP contribution in [-0.4, -0.2) is 29.8 Å². The Kier molecular flexibility index (Phi) is 6.10. The second-order valence-corrected chi connectivity index (χ2v) is 5.13. The van der Waals surface area contributed by atoms with Crippen molar-refractivity contribution in [3.8, 4) is 11.9 Å². The number of rotatable bonds is 8. The number of ether oxygens (including phenoxy) is 1. The van der Waals surface area contributed by atoms with Gasteiger partial charge in [-0.15, -0.1) is 0 Å². The highest BCUT2D eigenvalue weighted by Gasteiger charge is 2.16. The maximum Gasteiger partial charge on any atom is 0.213 e. The lowest BCUT2D eigenvalue weighted by Gasteiger charge is -2.24. The van der Waals surface area contributed by atoms with Crippen molar-refractivity contribution in [1.29, 1.82) is 5.26 Å². The van der Waals surface area contributed by atoms with Gasteiger partial charge in [-0.3, -0.25) is 0 Å². The van der Waals surface area contributed by atoms with Crippen LogP contribution in [0.3, 0.4) is 0 Å². The maximum absolute atomic E-state index is 8.64. The van der Waals surface area contributed by atoms with E-state index in [9.17, 15) is 0 Å². The molecule has 0 radical (unpaired) electrons. The minimum Gasteiger partial charge on any atom is -0.475 e. The number of aliphatic hydroxyl groups excluding tert-OH is 1. The van der Waals surface area contributed by atoms with Gasteiger partial charge in [0.05, 0.1) is 24.6 Å². The topological polar surface area (TPSA) is 78.2 Å². The van der Waals surface area contributed by atoms with Crippen molar-refractivity contribution in [3.63, 3.8) is 0 Å². The van der Waals surface area contributed by atoms with E-state index in [4.69, 9.17) is 15.1 Å². The van der Waals surface area contributed by atoms with Crippen LogP contribution in [0.25, 0.3) is 0 Å². The summed E-state index contributed by atoms with van der Waals surface area (Å²) in [5, 5.41) is 20.5. The Labute approximate surface area is 114 Å². The van der Waals surface area contributed by atoms with Gasteiger partial charge in [0.2, 0.25) is 5.88 Å². The van der Waals surface area contributed by atoms with Crippen LogP contribution in [0.15, 0.2) is 18.3 Å². The van der Waals surface area contributed by atoms with E-state index in [1.807, 2.05) is 6.07 Å². The molecule has 2 N–H and O–H groups in total. The molecule has 5 heteroatoms. The zero-order valence-electron chi connectivity index (χ0n) is 11.5. The van der Waals surface area contributed by atoms with E-state index in [2.05, 4.69) is 30.2 Å². The Morgan fingerprint density at radius 2 is 2.26 bits per heavy atom. The average molecular weight is 263 g/mol. The van der Waals surface area contributed by atoms with Gasteiger partial charge in [0.1, 0.15) is 6.61 Å². The summed E-state index contributed by atoms with van der Waals surface area (Å²) in [6.07, 6.45) is 3.13. The molecule has 0 aliphatic rings. The zero-order chi connectivity index (χ0) is 14.1. The molecule has 0 atom stereocenters. The Bertz CT molecular complexity index is 410. The molecular formula is C14H21N3O2. The van der Waals surface area contributed by atoms with Gasteiger partial charge in [-0.05, 0) is 17.9 Å². The van der Waals surface area contributed by atoms with Crippen molar-refractivity contribution in [2.75, 3.05) is 25.1 Å². The molecular weight excluding hydrogens is 242 g/mol. The molecule has 104 valence electrons. The lowest BCUT2D eigenvalue weighted by Crippen LogP contribution is -2.22. The lowest BCUT2D eigenvalue weighted by atomic mass is 9.88. The monoisotopic (exact) mass is 263 g/mol. The van der Waals surface area contributed by atoms with E-state index >= 15 is 0 Å². The molecule has 0 aliphatic carbocycles.